The highest BCUT2D eigenvalue weighted by Crippen LogP contribution is 2.34. The van der Waals surface area contributed by atoms with E-state index in [0.29, 0.717) is 0 Å². The summed E-state index contributed by atoms with van der Waals surface area (Å²) in [5.41, 5.74) is 3.65. The minimum absolute atomic E-state index is 0.769. The summed E-state index contributed by atoms with van der Waals surface area (Å²) in [6.07, 6.45) is 1.72. The molecule has 5 heteroatoms. The van der Waals surface area contributed by atoms with Gasteiger partial charge in [0, 0.05) is 12.6 Å². The van der Waals surface area contributed by atoms with Crippen molar-refractivity contribution in [3.05, 3.63) is 26.6 Å². The van der Waals surface area contributed by atoms with Crippen molar-refractivity contribution in [2.45, 2.75) is 0 Å². The number of benzene rings is 1. The molecule has 1 N–H and O–H groups in total. The van der Waals surface area contributed by atoms with Gasteiger partial charge in [0.1, 0.15) is 5.75 Å². The van der Waals surface area contributed by atoms with Crippen LogP contribution in [0.3, 0.4) is 0 Å². The van der Waals surface area contributed by atoms with Crippen LogP contribution in [0.25, 0.3) is 0 Å². The van der Waals surface area contributed by atoms with Crippen molar-refractivity contribution in [3.8, 4) is 5.75 Å². The van der Waals surface area contributed by atoms with Crippen molar-refractivity contribution in [2.24, 2.45) is 5.10 Å². The van der Waals surface area contributed by atoms with E-state index in [1.807, 2.05) is 12.1 Å². The molecule has 0 saturated heterocycles. The Morgan fingerprint density at radius 3 is 2.71 bits per heavy atom. The fourth-order valence-electron chi connectivity index (χ4n) is 0.969. The SMILES string of the molecule is CNN=Cc1ccc(Br)c(OC)c1Br. The number of hydrazone groups is 1. The number of rotatable bonds is 3. The third-order valence-corrected chi connectivity index (χ3v) is 3.06. The normalized spacial score (nSPS) is 10.6. The topological polar surface area (TPSA) is 33.6 Å². The molecule has 0 radical (unpaired) electrons. The lowest BCUT2D eigenvalue weighted by atomic mass is 10.2. The fourth-order valence-corrected chi connectivity index (χ4v) is 2.34. The summed E-state index contributed by atoms with van der Waals surface area (Å²) in [6, 6.07) is 3.86. The van der Waals surface area contributed by atoms with Crippen molar-refractivity contribution in [1.82, 2.24) is 5.43 Å². The molecular weight excluding hydrogens is 312 g/mol. The van der Waals surface area contributed by atoms with Gasteiger partial charge in [-0.25, -0.2) is 0 Å². The summed E-state index contributed by atoms with van der Waals surface area (Å²) in [5.74, 6) is 0.769. The van der Waals surface area contributed by atoms with E-state index in [4.69, 9.17) is 4.74 Å². The Balaban J connectivity index is 3.14. The molecule has 0 bridgehead atoms. The van der Waals surface area contributed by atoms with Crippen LogP contribution < -0.4 is 10.2 Å². The number of nitrogens with zero attached hydrogens (tertiary/aromatic N) is 1. The monoisotopic (exact) mass is 320 g/mol. The maximum Gasteiger partial charge on any atom is 0.147 e. The van der Waals surface area contributed by atoms with Crippen LogP contribution in [0.2, 0.25) is 0 Å². The fraction of sp³-hybridized carbons (Fsp3) is 0.222. The highest BCUT2D eigenvalue weighted by molar-refractivity contribution is 9.11. The molecule has 0 amide bonds. The zero-order valence-corrected chi connectivity index (χ0v) is 11.0. The smallest absolute Gasteiger partial charge is 0.147 e. The van der Waals surface area contributed by atoms with E-state index in [1.54, 1.807) is 20.4 Å². The molecular formula is C9H10Br2N2O. The Morgan fingerprint density at radius 2 is 2.14 bits per heavy atom. The average molecular weight is 322 g/mol. The zero-order chi connectivity index (χ0) is 10.6. The first-order chi connectivity index (χ1) is 6.70. The summed E-state index contributed by atoms with van der Waals surface area (Å²) in [5, 5.41) is 3.93. The van der Waals surface area contributed by atoms with Crippen molar-refractivity contribution < 1.29 is 4.74 Å². The Morgan fingerprint density at radius 1 is 1.43 bits per heavy atom. The van der Waals surface area contributed by atoms with Crippen molar-refractivity contribution in [2.75, 3.05) is 14.2 Å². The molecule has 0 aliphatic heterocycles. The van der Waals surface area contributed by atoms with E-state index < -0.39 is 0 Å². The lowest BCUT2D eigenvalue weighted by Crippen LogP contribution is -1.96. The molecule has 1 aromatic carbocycles. The number of methoxy groups -OCH3 is 1. The van der Waals surface area contributed by atoms with Crippen molar-refractivity contribution in [1.29, 1.82) is 0 Å². The summed E-state index contributed by atoms with van der Waals surface area (Å²) in [6.45, 7) is 0. The quantitative estimate of drug-likeness (QED) is 0.686. The second kappa shape index (κ2) is 5.36. The van der Waals surface area contributed by atoms with Crippen LogP contribution in [-0.4, -0.2) is 20.4 Å². The molecule has 3 nitrogen and oxygen atoms in total. The molecule has 1 rings (SSSR count). The first-order valence-corrected chi connectivity index (χ1v) is 5.51. The number of hydrogen-bond donors (Lipinski definition) is 1. The minimum atomic E-state index is 0.769. The molecule has 0 fully saturated rings. The molecule has 0 atom stereocenters. The van der Waals surface area contributed by atoms with E-state index in [9.17, 15) is 0 Å². The van der Waals surface area contributed by atoms with E-state index in [1.165, 1.54) is 0 Å². The van der Waals surface area contributed by atoms with Gasteiger partial charge in [-0.05, 0) is 37.9 Å². The summed E-state index contributed by atoms with van der Waals surface area (Å²) in [4.78, 5) is 0. The number of hydrogen-bond acceptors (Lipinski definition) is 3. The van der Waals surface area contributed by atoms with Gasteiger partial charge >= 0.3 is 0 Å². The molecule has 0 aromatic heterocycles. The largest absolute Gasteiger partial charge is 0.494 e. The van der Waals surface area contributed by atoms with Gasteiger partial charge in [-0.1, -0.05) is 6.07 Å². The van der Waals surface area contributed by atoms with Crippen molar-refractivity contribution >= 4 is 38.1 Å². The Kier molecular flexibility index (Phi) is 4.41. The third-order valence-electron chi connectivity index (χ3n) is 1.62. The summed E-state index contributed by atoms with van der Waals surface area (Å²) < 4.78 is 7.01. The van der Waals surface area contributed by atoms with Gasteiger partial charge in [-0.2, -0.15) is 5.10 Å². The maximum atomic E-state index is 5.22. The molecule has 0 heterocycles. The van der Waals surface area contributed by atoms with E-state index in [2.05, 4.69) is 42.4 Å². The van der Waals surface area contributed by atoms with Crippen molar-refractivity contribution in [3.63, 3.8) is 0 Å². The van der Waals surface area contributed by atoms with Crippen LogP contribution in [0, 0.1) is 0 Å². The molecule has 0 aliphatic carbocycles. The van der Waals surface area contributed by atoms with E-state index >= 15 is 0 Å². The highest BCUT2D eigenvalue weighted by atomic mass is 79.9. The molecule has 0 aliphatic rings. The predicted molar refractivity (Wildman–Crippen MR) is 65.0 cm³/mol. The molecule has 14 heavy (non-hydrogen) atoms. The highest BCUT2D eigenvalue weighted by Gasteiger charge is 2.08. The van der Waals surface area contributed by atoms with Gasteiger partial charge in [0.15, 0.2) is 0 Å². The van der Waals surface area contributed by atoms with E-state index in [-0.39, 0.29) is 0 Å². The first kappa shape index (κ1) is 11.5. The molecule has 1 aromatic rings. The second-order valence-electron chi connectivity index (χ2n) is 2.47. The lowest BCUT2D eigenvalue weighted by Gasteiger charge is -2.07. The van der Waals surface area contributed by atoms with Gasteiger partial charge < -0.3 is 10.2 Å². The minimum Gasteiger partial charge on any atom is -0.494 e. The van der Waals surface area contributed by atoms with Gasteiger partial charge in [0.2, 0.25) is 0 Å². The maximum absolute atomic E-state index is 5.22. The molecule has 0 unspecified atom stereocenters. The van der Waals surface area contributed by atoms with Crippen LogP contribution in [-0.2, 0) is 0 Å². The van der Waals surface area contributed by atoms with Crippen LogP contribution in [0.15, 0.2) is 26.2 Å². The number of halogens is 2. The summed E-state index contributed by atoms with van der Waals surface area (Å²) >= 11 is 6.84. The van der Waals surface area contributed by atoms with Gasteiger partial charge in [-0.3, -0.25) is 0 Å². The first-order valence-electron chi connectivity index (χ1n) is 3.92. The molecule has 0 saturated carbocycles. The van der Waals surface area contributed by atoms with Gasteiger partial charge in [0.05, 0.1) is 22.3 Å². The predicted octanol–water partition coefficient (Wildman–Crippen LogP) is 2.77. The van der Waals surface area contributed by atoms with E-state index in [0.717, 1.165) is 20.3 Å². The summed E-state index contributed by atoms with van der Waals surface area (Å²) in [7, 11) is 3.38. The Bertz CT molecular complexity index is 353. The van der Waals surface area contributed by atoms with Crippen LogP contribution in [0.1, 0.15) is 5.56 Å². The second-order valence-corrected chi connectivity index (χ2v) is 4.11. The Labute approximate surface area is 99.8 Å². The molecule has 76 valence electrons. The number of nitrogens with one attached hydrogen (secondary N) is 1. The standard InChI is InChI=1S/C9H10Br2N2O/c1-12-13-5-6-3-4-7(10)9(14-2)8(6)11/h3-5,12H,1-2H3. The van der Waals surface area contributed by atoms with Crippen LogP contribution >= 0.6 is 31.9 Å². The Hall–Kier alpha value is -0.550. The zero-order valence-electron chi connectivity index (χ0n) is 7.84. The van der Waals surface area contributed by atoms with Gasteiger partial charge in [0.25, 0.3) is 0 Å². The van der Waals surface area contributed by atoms with Crippen LogP contribution in [0.4, 0.5) is 0 Å². The van der Waals surface area contributed by atoms with Crippen LogP contribution in [0.5, 0.6) is 5.75 Å². The third kappa shape index (κ3) is 2.48. The lowest BCUT2D eigenvalue weighted by molar-refractivity contribution is 0.409. The van der Waals surface area contributed by atoms with Gasteiger partial charge in [-0.15, -0.1) is 0 Å². The molecule has 0 spiro atoms. The number of ether oxygens (including phenoxy) is 1. The average Bonchev–Trinajstić information content (AvgIpc) is 2.18.